The Labute approximate surface area is 104 Å². The largest absolute Gasteiger partial charge is 0.388 e. The van der Waals surface area contributed by atoms with Gasteiger partial charge >= 0.3 is 0 Å². The van der Waals surface area contributed by atoms with Gasteiger partial charge in [-0.3, -0.25) is 0 Å². The van der Waals surface area contributed by atoms with E-state index in [0.29, 0.717) is 6.61 Å². The molecule has 0 spiro atoms. The Morgan fingerprint density at radius 1 is 1.00 bits per heavy atom. The van der Waals surface area contributed by atoms with E-state index in [1.165, 1.54) is 0 Å². The molecule has 1 fully saturated rings. The maximum Gasteiger partial charge on any atom is 0.111 e. The minimum absolute atomic E-state index is 0.201. The van der Waals surface area contributed by atoms with Crippen LogP contribution in [0.3, 0.4) is 0 Å². The van der Waals surface area contributed by atoms with E-state index in [9.17, 15) is 10.2 Å². The van der Waals surface area contributed by atoms with Gasteiger partial charge in [-0.05, 0) is 26.2 Å². The van der Waals surface area contributed by atoms with Crippen molar-refractivity contribution in [2.24, 2.45) is 5.41 Å². The average molecular weight is 246 g/mol. The summed E-state index contributed by atoms with van der Waals surface area (Å²) in [5, 5.41) is 20.2. The fourth-order valence-corrected chi connectivity index (χ4v) is 2.11. The third-order valence-corrected chi connectivity index (χ3v) is 2.84. The van der Waals surface area contributed by atoms with Crippen molar-refractivity contribution in [2.75, 3.05) is 6.61 Å². The maximum absolute atomic E-state index is 10.1. The summed E-state index contributed by atoms with van der Waals surface area (Å²) in [5.41, 5.74) is -0.559. The van der Waals surface area contributed by atoms with Crippen LogP contribution in [-0.2, 0) is 9.47 Å². The topological polar surface area (TPSA) is 58.9 Å². The minimum atomic E-state index is -0.906. The highest BCUT2D eigenvalue weighted by molar-refractivity contribution is 4.93. The maximum atomic E-state index is 10.1. The quantitative estimate of drug-likeness (QED) is 0.733. The summed E-state index contributed by atoms with van der Waals surface area (Å²) >= 11 is 0. The fourth-order valence-electron chi connectivity index (χ4n) is 2.11. The van der Waals surface area contributed by atoms with Crippen LogP contribution in [0.4, 0.5) is 0 Å². The normalized spacial score (nSPS) is 36.0. The molecule has 4 heteroatoms. The van der Waals surface area contributed by atoms with E-state index < -0.39 is 18.3 Å². The van der Waals surface area contributed by atoms with Crippen LogP contribution in [0.5, 0.6) is 0 Å². The van der Waals surface area contributed by atoms with Gasteiger partial charge in [0.1, 0.15) is 18.3 Å². The number of aliphatic hydroxyl groups is 2. The van der Waals surface area contributed by atoms with E-state index in [1.54, 1.807) is 0 Å². The van der Waals surface area contributed by atoms with E-state index in [4.69, 9.17) is 9.47 Å². The molecule has 4 unspecified atom stereocenters. The van der Waals surface area contributed by atoms with Crippen molar-refractivity contribution < 1.29 is 19.7 Å². The molecular formula is C13H26O4. The van der Waals surface area contributed by atoms with Crippen molar-refractivity contribution >= 4 is 0 Å². The minimum Gasteiger partial charge on any atom is -0.388 e. The van der Waals surface area contributed by atoms with Gasteiger partial charge in [-0.25, -0.2) is 0 Å². The Morgan fingerprint density at radius 2 is 1.53 bits per heavy atom. The van der Waals surface area contributed by atoms with Crippen LogP contribution in [0.1, 0.15) is 41.5 Å². The summed E-state index contributed by atoms with van der Waals surface area (Å²) < 4.78 is 11.3. The molecule has 4 atom stereocenters. The van der Waals surface area contributed by atoms with Crippen LogP contribution >= 0.6 is 0 Å². The summed E-state index contributed by atoms with van der Waals surface area (Å²) in [6.45, 7) is 12.0. The molecule has 4 nitrogen and oxygen atoms in total. The van der Waals surface area contributed by atoms with Gasteiger partial charge in [0, 0.05) is 0 Å². The van der Waals surface area contributed by atoms with Crippen LogP contribution < -0.4 is 0 Å². The SMILES string of the molecule is CC(C)(C)OC1COC(C(C)(C)C)C(O)C1O. The average Bonchev–Trinajstić information content (AvgIpc) is 2.08. The van der Waals surface area contributed by atoms with Crippen molar-refractivity contribution in [3.63, 3.8) is 0 Å². The fraction of sp³-hybridized carbons (Fsp3) is 1.00. The lowest BCUT2D eigenvalue weighted by molar-refractivity contribution is -0.241. The Kier molecular flexibility index (Phi) is 4.24. The molecule has 1 heterocycles. The van der Waals surface area contributed by atoms with Gasteiger partial charge < -0.3 is 19.7 Å². The number of ether oxygens (including phenoxy) is 2. The van der Waals surface area contributed by atoms with Crippen molar-refractivity contribution in [3.05, 3.63) is 0 Å². The zero-order valence-corrected chi connectivity index (χ0v) is 11.7. The van der Waals surface area contributed by atoms with Gasteiger partial charge in [-0.15, -0.1) is 0 Å². The summed E-state index contributed by atoms with van der Waals surface area (Å²) in [6, 6.07) is 0. The predicted octanol–water partition coefficient (Wildman–Crippen LogP) is 1.34. The number of rotatable bonds is 1. The van der Waals surface area contributed by atoms with E-state index in [1.807, 2.05) is 41.5 Å². The van der Waals surface area contributed by atoms with Crippen LogP contribution in [0.15, 0.2) is 0 Å². The molecular weight excluding hydrogens is 220 g/mol. The van der Waals surface area contributed by atoms with E-state index in [2.05, 4.69) is 0 Å². The zero-order valence-electron chi connectivity index (χ0n) is 11.7. The summed E-state index contributed by atoms with van der Waals surface area (Å²) in [5.74, 6) is 0. The molecule has 0 aromatic rings. The number of hydrogen-bond donors (Lipinski definition) is 2. The second-order valence-corrected chi connectivity index (χ2v) is 6.87. The summed E-state index contributed by atoms with van der Waals surface area (Å²) in [7, 11) is 0. The Bertz CT molecular complexity index is 249. The van der Waals surface area contributed by atoms with Crippen LogP contribution in [-0.4, -0.2) is 46.8 Å². The molecule has 0 aliphatic carbocycles. The third kappa shape index (κ3) is 3.91. The van der Waals surface area contributed by atoms with Gasteiger partial charge in [0.25, 0.3) is 0 Å². The van der Waals surface area contributed by atoms with Crippen molar-refractivity contribution in [1.29, 1.82) is 0 Å². The highest BCUT2D eigenvalue weighted by Crippen LogP contribution is 2.32. The van der Waals surface area contributed by atoms with Crippen molar-refractivity contribution in [3.8, 4) is 0 Å². The van der Waals surface area contributed by atoms with Crippen LogP contribution in [0, 0.1) is 5.41 Å². The molecule has 0 radical (unpaired) electrons. The first-order chi connectivity index (χ1) is 7.52. The third-order valence-electron chi connectivity index (χ3n) is 2.84. The standard InChI is InChI=1S/C13H26O4/c1-12(2,3)11-10(15)9(14)8(7-16-11)17-13(4,5)6/h8-11,14-15H,7H2,1-6H3. The van der Waals surface area contributed by atoms with Crippen LogP contribution in [0.2, 0.25) is 0 Å². The molecule has 1 aliphatic rings. The molecule has 0 aromatic heterocycles. The highest BCUT2D eigenvalue weighted by Gasteiger charge is 2.45. The molecule has 0 amide bonds. The van der Waals surface area contributed by atoms with Gasteiger partial charge in [0.2, 0.25) is 0 Å². The monoisotopic (exact) mass is 246 g/mol. The molecule has 0 saturated carbocycles. The first-order valence-electron chi connectivity index (χ1n) is 6.18. The van der Waals surface area contributed by atoms with E-state index in [-0.39, 0.29) is 17.1 Å². The first kappa shape index (κ1) is 14.9. The van der Waals surface area contributed by atoms with E-state index >= 15 is 0 Å². The van der Waals surface area contributed by atoms with Crippen molar-refractivity contribution in [2.45, 2.75) is 71.6 Å². The molecule has 1 rings (SSSR count). The molecule has 2 N–H and O–H groups in total. The second-order valence-electron chi connectivity index (χ2n) is 6.87. The zero-order chi connectivity index (χ0) is 13.4. The second kappa shape index (κ2) is 4.84. The summed E-state index contributed by atoms with van der Waals surface area (Å²) in [4.78, 5) is 0. The van der Waals surface area contributed by atoms with Crippen molar-refractivity contribution in [1.82, 2.24) is 0 Å². The van der Waals surface area contributed by atoms with Gasteiger partial charge in [-0.1, -0.05) is 20.8 Å². The number of hydrogen-bond acceptors (Lipinski definition) is 4. The Balaban J connectivity index is 2.69. The lowest BCUT2D eigenvalue weighted by Gasteiger charge is -2.44. The highest BCUT2D eigenvalue weighted by atomic mass is 16.6. The molecule has 17 heavy (non-hydrogen) atoms. The molecule has 1 saturated heterocycles. The molecule has 0 bridgehead atoms. The van der Waals surface area contributed by atoms with E-state index in [0.717, 1.165) is 0 Å². The lowest BCUT2D eigenvalue weighted by Crippen LogP contribution is -2.58. The Hall–Kier alpha value is -0.160. The molecule has 102 valence electrons. The Morgan fingerprint density at radius 3 is 1.94 bits per heavy atom. The molecule has 0 aromatic carbocycles. The number of aliphatic hydroxyl groups excluding tert-OH is 2. The van der Waals surface area contributed by atoms with Crippen LogP contribution in [0.25, 0.3) is 0 Å². The molecule has 1 aliphatic heterocycles. The smallest absolute Gasteiger partial charge is 0.111 e. The van der Waals surface area contributed by atoms with Gasteiger partial charge in [-0.2, -0.15) is 0 Å². The lowest BCUT2D eigenvalue weighted by atomic mass is 9.81. The van der Waals surface area contributed by atoms with Gasteiger partial charge in [0.15, 0.2) is 0 Å². The van der Waals surface area contributed by atoms with Gasteiger partial charge in [0.05, 0.1) is 18.3 Å². The summed E-state index contributed by atoms with van der Waals surface area (Å²) in [6.07, 6.45) is -2.63. The first-order valence-corrected chi connectivity index (χ1v) is 6.18. The predicted molar refractivity (Wildman–Crippen MR) is 65.8 cm³/mol.